The second-order valence-corrected chi connectivity index (χ2v) is 15.0. The number of rotatable bonds is 11. The number of allylic oxidation sites excluding steroid dienone is 2. The molecule has 61 heavy (non-hydrogen) atoms. The highest BCUT2D eigenvalue weighted by Crippen LogP contribution is 2.32. The quantitative estimate of drug-likeness (QED) is 0.0455. The van der Waals surface area contributed by atoms with Crippen LogP contribution in [0.1, 0.15) is 39.6 Å². The molecule has 0 aliphatic carbocycles. The first-order valence-corrected chi connectivity index (χ1v) is 20.2. The molecule has 1 N–H and O–H groups in total. The van der Waals surface area contributed by atoms with Gasteiger partial charge in [-0.05, 0) is 64.7 Å². The van der Waals surface area contributed by atoms with E-state index in [1.807, 2.05) is 109 Å². The van der Waals surface area contributed by atoms with Crippen molar-refractivity contribution in [2.75, 3.05) is 5.32 Å². The van der Waals surface area contributed by atoms with Gasteiger partial charge in [0.2, 0.25) is 23.0 Å². The van der Waals surface area contributed by atoms with Gasteiger partial charge < -0.3 is 9.87 Å². The zero-order chi connectivity index (χ0) is 43.6. The van der Waals surface area contributed by atoms with E-state index >= 15 is 0 Å². The van der Waals surface area contributed by atoms with Crippen LogP contribution < -0.4 is 9.88 Å². The first-order valence-electron chi connectivity index (χ1n) is 18.8. The predicted octanol–water partition coefficient (Wildman–Crippen LogP) is 10.5. The number of amides is 1. The number of aromatic nitrogens is 1. The molecule has 7 aromatic rings. The Morgan fingerprint density at radius 2 is 1.03 bits per heavy atom. The number of hydrogen-bond acceptors (Lipinski definition) is 6. The summed E-state index contributed by atoms with van der Waals surface area (Å²) in [5, 5.41) is 2.87. The van der Waals surface area contributed by atoms with Crippen molar-refractivity contribution in [3.8, 4) is 39.3 Å². The number of nitrogens with zero attached hydrogens (tertiary/aromatic N) is 1. The number of anilines is 1. The minimum atomic E-state index is -6.09. The van der Waals surface area contributed by atoms with Crippen LogP contribution in [-0.4, -0.2) is 36.0 Å². The van der Waals surface area contributed by atoms with Crippen molar-refractivity contribution in [1.82, 2.24) is 0 Å². The van der Waals surface area contributed by atoms with Gasteiger partial charge in [0.25, 0.3) is 0 Å². The largest absolute Gasteiger partial charge is 0.741 e. The fraction of sp³-hybridized carbons (Fsp3) is 0.0612. The fourth-order valence-electron chi connectivity index (χ4n) is 6.44. The van der Waals surface area contributed by atoms with Crippen molar-refractivity contribution in [2.45, 2.75) is 18.9 Å². The van der Waals surface area contributed by atoms with Crippen molar-refractivity contribution in [2.24, 2.45) is 0 Å². The monoisotopic (exact) mass is 838 g/mol. The summed E-state index contributed by atoms with van der Waals surface area (Å²) < 4.78 is 61.1. The highest BCUT2D eigenvalue weighted by molar-refractivity contribution is 7.86. The second kappa shape index (κ2) is 19.2. The van der Waals surface area contributed by atoms with E-state index in [1.165, 1.54) is 6.92 Å². The molecule has 0 bridgehead atoms. The average Bonchev–Trinajstić information content (AvgIpc) is 3.26. The molecule has 0 saturated heterocycles. The molecule has 12 heteroatoms. The van der Waals surface area contributed by atoms with E-state index < -0.39 is 15.6 Å². The van der Waals surface area contributed by atoms with Crippen molar-refractivity contribution in [1.29, 1.82) is 0 Å². The Labute approximate surface area is 351 Å². The Bertz CT molecular complexity index is 2720. The predicted molar refractivity (Wildman–Crippen MR) is 228 cm³/mol. The molecular weight excluding hydrogens is 802 g/mol. The lowest BCUT2D eigenvalue weighted by Crippen LogP contribution is -2.36. The van der Waals surface area contributed by atoms with Crippen molar-refractivity contribution in [3.05, 3.63) is 205 Å². The van der Waals surface area contributed by atoms with Crippen LogP contribution in [0.4, 0.5) is 18.9 Å². The normalized spacial score (nSPS) is 11.5. The zero-order valence-electron chi connectivity index (χ0n) is 32.5. The molecule has 0 aliphatic heterocycles. The lowest BCUT2D eigenvalue weighted by molar-refractivity contribution is -0.572. The molecule has 1 heterocycles. The van der Waals surface area contributed by atoms with Crippen LogP contribution in [0.3, 0.4) is 0 Å². The van der Waals surface area contributed by atoms with Gasteiger partial charge in [-0.15, -0.1) is 0 Å². The Kier molecular flexibility index (Phi) is 13.6. The first kappa shape index (κ1) is 43.3. The number of ketones is 2. The van der Waals surface area contributed by atoms with E-state index in [4.69, 9.17) is 13.0 Å². The fourth-order valence-corrected chi connectivity index (χ4v) is 6.44. The van der Waals surface area contributed by atoms with Crippen LogP contribution in [0.25, 0.3) is 44.9 Å². The molecule has 7 rings (SSSR count). The number of hydrogen-bond donors (Lipinski definition) is 1. The summed E-state index contributed by atoms with van der Waals surface area (Å²) in [6, 6.07) is 59.1. The topological polar surface area (TPSA) is 124 Å². The second-order valence-electron chi connectivity index (χ2n) is 13.7. The standard InChI is InChI=1S/C48H36N2O3.CHF3O3S/c1-34(51)49-43-26-28-44(29-27-43)50-45(37-14-6-2-7-15-37)30-41(31-46(50)38-16-8-3-9-17-38)35-22-24-36(25-23-35)42(32-47(52)39-18-10-4-11-19-39)33-48(53)40-20-12-5-13-21-40;2-1(3,4)8(5,6)7/h2-32H,33H2,1H3;(H,5,6,7). The summed E-state index contributed by atoms with van der Waals surface area (Å²) in [7, 11) is -6.09. The lowest BCUT2D eigenvalue weighted by atomic mass is 9.93. The number of Topliss-reactive ketones (excluding diaryl/α,β-unsaturated/α-hetero) is 1. The van der Waals surface area contributed by atoms with E-state index in [1.54, 1.807) is 30.3 Å². The molecular formula is C49H37F3N2O6S. The number of nitrogens with one attached hydrogen (secondary N) is 1. The number of halogens is 3. The number of pyridine rings is 1. The zero-order valence-corrected chi connectivity index (χ0v) is 33.4. The van der Waals surface area contributed by atoms with E-state index in [-0.39, 0.29) is 23.9 Å². The Morgan fingerprint density at radius 3 is 1.48 bits per heavy atom. The summed E-state index contributed by atoms with van der Waals surface area (Å²) in [6.07, 6.45) is 1.68. The molecule has 0 unspecified atom stereocenters. The Balaban J connectivity index is 0.000000708. The summed E-state index contributed by atoms with van der Waals surface area (Å²) in [4.78, 5) is 38.5. The van der Waals surface area contributed by atoms with E-state index in [9.17, 15) is 27.6 Å². The molecule has 306 valence electrons. The number of carbonyl (C=O) groups is 3. The summed E-state index contributed by atoms with van der Waals surface area (Å²) in [5.41, 5.74) is 4.70. The number of alkyl halides is 3. The third-order valence-electron chi connectivity index (χ3n) is 9.33. The number of carbonyl (C=O) groups excluding carboxylic acids is 3. The molecule has 1 aromatic heterocycles. The van der Waals surface area contributed by atoms with E-state index in [0.717, 1.165) is 50.6 Å². The van der Waals surface area contributed by atoms with Gasteiger partial charge in [-0.3, -0.25) is 14.4 Å². The molecule has 0 spiro atoms. The first-order chi connectivity index (χ1) is 29.2. The maximum absolute atomic E-state index is 13.4. The van der Waals surface area contributed by atoms with Crippen molar-refractivity contribution >= 4 is 38.9 Å². The molecule has 0 saturated carbocycles. The van der Waals surface area contributed by atoms with Gasteiger partial charge in [0.05, 0.1) is 0 Å². The third kappa shape index (κ3) is 11.3. The minimum absolute atomic E-state index is 0.0560. The van der Waals surface area contributed by atoms with Crippen molar-refractivity contribution < 1.29 is 45.1 Å². The maximum Gasteiger partial charge on any atom is 0.485 e. The molecule has 0 atom stereocenters. The van der Waals surface area contributed by atoms with Crippen LogP contribution >= 0.6 is 0 Å². The van der Waals surface area contributed by atoms with Crippen molar-refractivity contribution in [3.63, 3.8) is 0 Å². The lowest BCUT2D eigenvalue weighted by Gasteiger charge is -2.14. The highest BCUT2D eigenvalue weighted by Gasteiger charge is 2.37. The van der Waals surface area contributed by atoms with Crippen LogP contribution in [0.5, 0.6) is 0 Å². The minimum Gasteiger partial charge on any atom is -0.741 e. The van der Waals surface area contributed by atoms with Gasteiger partial charge in [0.1, 0.15) is 0 Å². The van der Waals surface area contributed by atoms with Crippen LogP contribution in [0, 0.1) is 0 Å². The van der Waals surface area contributed by atoms with Gasteiger partial charge in [0, 0.05) is 65.6 Å². The van der Waals surface area contributed by atoms with Gasteiger partial charge in [-0.25, -0.2) is 8.42 Å². The van der Waals surface area contributed by atoms with E-state index in [0.29, 0.717) is 16.7 Å². The molecule has 6 aromatic carbocycles. The van der Waals surface area contributed by atoms with Gasteiger partial charge in [-0.2, -0.15) is 17.7 Å². The van der Waals surface area contributed by atoms with Crippen LogP contribution in [-0.2, 0) is 14.9 Å². The van der Waals surface area contributed by atoms with Gasteiger partial charge >= 0.3 is 5.51 Å². The SMILES string of the molecule is CC(=O)Nc1ccc(-[n+]2c(-c3ccccc3)cc(-c3ccc(/C(=C/C(=O)c4ccccc4)CC(=O)c4ccccc4)cc3)cc2-c2ccccc2)cc1.O=S(=O)([O-])C(F)(F)F. The molecule has 0 fully saturated rings. The molecule has 0 radical (unpaired) electrons. The van der Waals surface area contributed by atoms with Crippen LogP contribution in [0.15, 0.2) is 188 Å². The summed E-state index contributed by atoms with van der Waals surface area (Å²) in [5.74, 6) is -0.327. The van der Waals surface area contributed by atoms with E-state index in [2.05, 4.69) is 58.4 Å². The third-order valence-corrected chi connectivity index (χ3v) is 9.90. The smallest absolute Gasteiger partial charge is 0.485 e. The Hall–Kier alpha value is -7.28. The highest BCUT2D eigenvalue weighted by atomic mass is 32.2. The average molecular weight is 839 g/mol. The molecule has 0 aliphatic rings. The summed E-state index contributed by atoms with van der Waals surface area (Å²) >= 11 is 0. The number of benzene rings is 6. The molecule has 1 amide bonds. The maximum atomic E-state index is 13.4. The van der Waals surface area contributed by atoms with Gasteiger partial charge in [-0.1, -0.05) is 121 Å². The Morgan fingerprint density at radius 1 is 0.590 bits per heavy atom. The summed E-state index contributed by atoms with van der Waals surface area (Å²) in [6.45, 7) is 1.50. The molecule has 8 nitrogen and oxygen atoms in total. The van der Waals surface area contributed by atoms with Crippen LogP contribution in [0.2, 0.25) is 0 Å². The van der Waals surface area contributed by atoms with Gasteiger partial charge in [0.15, 0.2) is 21.7 Å².